The molecule has 1 N–H and O–H groups in total. The van der Waals surface area contributed by atoms with Gasteiger partial charge in [-0.2, -0.15) is 0 Å². The van der Waals surface area contributed by atoms with E-state index in [0.29, 0.717) is 16.1 Å². The first kappa shape index (κ1) is 16.0. The van der Waals surface area contributed by atoms with E-state index in [0.717, 1.165) is 5.69 Å². The summed E-state index contributed by atoms with van der Waals surface area (Å²) in [4.78, 5) is 28.4. The van der Waals surface area contributed by atoms with Gasteiger partial charge in [0.1, 0.15) is 0 Å². The van der Waals surface area contributed by atoms with E-state index < -0.39 is 0 Å². The van der Waals surface area contributed by atoms with Gasteiger partial charge in [-0.15, -0.1) is 11.3 Å². The molecule has 0 bridgehead atoms. The Bertz CT molecular complexity index is 679. The van der Waals surface area contributed by atoms with Crippen molar-refractivity contribution < 1.29 is 9.59 Å². The highest BCUT2D eigenvalue weighted by atomic mass is 32.1. The summed E-state index contributed by atoms with van der Waals surface area (Å²) in [6, 6.07) is 8.91. The van der Waals surface area contributed by atoms with Crippen molar-refractivity contribution in [2.24, 2.45) is 0 Å². The second kappa shape index (κ2) is 6.62. The molecular formula is C16H19N3O2S. The van der Waals surface area contributed by atoms with Gasteiger partial charge in [0, 0.05) is 33.8 Å². The Kier molecular flexibility index (Phi) is 4.82. The van der Waals surface area contributed by atoms with Gasteiger partial charge >= 0.3 is 0 Å². The summed E-state index contributed by atoms with van der Waals surface area (Å²) in [5, 5.41) is 4.74. The number of nitrogens with zero attached hydrogens (tertiary/aromatic N) is 2. The summed E-state index contributed by atoms with van der Waals surface area (Å²) in [7, 11) is 7.19. The molecule has 0 atom stereocenters. The van der Waals surface area contributed by atoms with Gasteiger partial charge in [0.25, 0.3) is 11.8 Å². The third-order valence-corrected chi connectivity index (χ3v) is 3.99. The van der Waals surface area contributed by atoms with E-state index in [4.69, 9.17) is 0 Å². The van der Waals surface area contributed by atoms with Crippen LogP contribution in [0, 0.1) is 0 Å². The Morgan fingerprint density at radius 2 is 1.82 bits per heavy atom. The van der Waals surface area contributed by atoms with Gasteiger partial charge in [0.15, 0.2) is 0 Å². The Morgan fingerprint density at radius 1 is 1.09 bits per heavy atom. The molecule has 2 aromatic rings. The molecule has 22 heavy (non-hydrogen) atoms. The first-order valence-electron chi connectivity index (χ1n) is 6.78. The zero-order valence-corrected chi connectivity index (χ0v) is 13.9. The van der Waals surface area contributed by atoms with E-state index >= 15 is 0 Å². The number of nitrogens with one attached hydrogen (secondary N) is 1. The molecule has 0 spiro atoms. The fourth-order valence-corrected chi connectivity index (χ4v) is 2.63. The van der Waals surface area contributed by atoms with Crippen molar-refractivity contribution in [3.8, 4) is 0 Å². The van der Waals surface area contributed by atoms with Crippen molar-refractivity contribution in [2.45, 2.75) is 0 Å². The third-order valence-electron chi connectivity index (χ3n) is 3.12. The number of rotatable bonds is 4. The van der Waals surface area contributed by atoms with Gasteiger partial charge in [0.2, 0.25) is 0 Å². The summed E-state index contributed by atoms with van der Waals surface area (Å²) in [6.07, 6.45) is 0. The lowest BCUT2D eigenvalue weighted by molar-refractivity contribution is 0.0827. The van der Waals surface area contributed by atoms with Crippen molar-refractivity contribution >= 4 is 34.5 Å². The molecule has 0 radical (unpaired) electrons. The minimum Gasteiger partial charge on any atom is -0.376 e. The topological polar surface area (TPSA) is 52.7 Å². The molecule has 0 saturated heterocycles. The molecule has 2 amide bonds. The first-order chi connectivity index (χ1) is 10.4. The molecule has 0 aliphatic carbocycles. The van der Waals surface area contributed by atoms with Gasteiger partial charge < -0.3 is 15.1 Å². The van der Waals surface area contributed by atoms with Crippen LogP contribution in [0.2, 0.25) is 0 Å². The number of amides is 2. The van der Waals surface area contributed by atoms with Gasteiger partial charge in [-0.3, -0.25) is 9.59 Å². The maximum Gasteiger partial charge on any atom is 0.265 e. The maximum absolute atomic E-state index is 12.3. The van der Waals surface area contributed by atoms with E-state index in [2.05, 4.69) is 5.32 Å². The van der Waals surface area contributed by atoms with Crippen LogP contribution in [0.15, 0.2) is 35.7 Å². The zero-order chi connectivity index (χ0) is 16.3. The smallest absolute Gasteiger partial charge is 0.265 e. The minimum absolute atomic E-state index is 0.100. The monoisotopic (exact) mass is 317 g/mol. The van der Waals surface area contributed by atoms with Crippen LogP contribution in [-0.2, 0) is 0 Å². The molecule has 0 fully saturated rings. The van der Waals surface area contributed by atoms with Crippen molar-refractivity contribution in [1.29, 1.82) is 0 Å². The number of carbonyl (C=O) groups is 2. The van der Waals surface area contributed by atoms with E-state index in [1.54, 1.807) is 32.3 Å². The van der Waals surface area contributed by atoms with Gasteiger partial charge in [-0.05, 0) is 29.6 Å². The van der Waals surface area contributed by atoms with Crippen LogP contribution in [0.25, 0.3) is 0 Å². The van der Waals surface area contributed by atoms with E-state index in [1.807, 2.05) is 36.5 Å². The van der Waals surface area contributed by atoms with Crippen LogP contribution in [0.5, 0.6) is 0 Å². The Labute approximate surface area is 134 Å². The molecule has 2 rings (SSSR count). The van der Waals surface area contributed by atoms with Crippen molar-refractivity contribution in [2.75, 3.05) is 38.4 Å². The summed E-state index contributed by atoms with van der Waals surface area (Å²) in [5.74, 6) is -0.274. The second-order valence-electron chi connectivity index (χ2n) is 5.26. The lowest BCUT2D eigenvalue weighted by atomic mass is 10.1. The Morgan fingerprint density at radius 3 is 2.36 bits per heavy atom. The molecule has 1 heterocycles. The van der Waals surface area contributed by atoms with Crippen molar-refractivity contribution in [3.05, 3.63) is 46.2 Å². The molecule has 0 saturated carbocycles. The normalized spacial score (nSPS) is 10.2. The lowest BCUT2D eigenvalue weighted by Crippen LogP contribution is -2.22. The highest BCUT2D eigenvalue weighted by molar-refractivity contribution is 7.12. The second-order valence-corrected chi connectivity index (χ2v) is 6.21. The fourth-order valence-electron chi connectivity index (χ4n) is 2.01. The average Bonchev–Trinajstić information content (AvgIpc) is 3.00. The number of hydrogen-bond donors (Lipinski definition) is 1. The predicted octanol–water partition coefficient (Wildman–Crippen LogP) is 2.77. The molecular weight excluding hydrogens is 298 g/mol. The minimum atomic E-state index is -0.174. The van der Waals surface area contributed by atoms with E-state index in [1.165, 1.54) is 16.2 Å². The summed E-state index contributed by atoms with van der Waals surface area (Å²) in [6.45, 7) is 0. The van der Waals surface area contributed by atoms with Crippen LogP contribution in [0.3, 0.4) is 0 Å². The van der Waals surface area contributed by atoms with Crippen molar-refractivity contribution in [1.82, 2.24) is 4.90 Å². The molecule has 1 aromatic heterocycles. The van der Waals surface area contributed by atoms with Crippen LogP contribution in [0.1, 0.15) is 20.0 Å². The molecule has 0 aliphatic heterocycles. The van der Waals surface area contributed by atoms with Crippen LogP contribution in [-0.4, -0.2) is 44.9 Å². The number of anilines is 2. The molecule has 0 unspecified atom stereocenters. The highest BCUT2D eigenvalue weighted by Gasteiger charge is 2.15. The standard InChI is InChI=1S/C16H19N3O2S/c1-18(2)13-8-7-11(16(21)19(3)4)10-12(13)17-15(20)14-6-5-9-22-14/h5-10H,1-4H3,(H,17,20). The molecule has 6 heteroatoms. The number of thiophene rings is 1. The average molecular weight is 317 g/mol. The van der Waals surface area contributed by atoms with E-state index in [9.17, 15) is 9.59 Å². The van der Waals surface area contributed by atoms with Crippen LogP contribution in [0.4, 0.5) is 11.4 Å². The Hall–Kier alpha value is -2.34. The van der Waals surface area contributed by atoms with Crippen LogP contribution >= 0.6 is 11.3 Å². The van der Waals surface area contributed by atoms with Gasteiger partial charge in [0.05, 0.1) is 16.3 Å². The van der Waals surface area contributed by atoms with Gasteiger partial charge in [-0.1, -0.05) is 6.07 Å². The van der Waals surface area contributed by atoms with E-state index in [-0.39, 0.29) is 11.8 Å². The predicted molar refractivity (Wildman–Crippen MR) is 91.1 cm³/mol. The molecule has 5 nitrogen and oxygen atoms in total. The quantitative estimate of drug-likeness (QED) is 0.943. The number of hydrogen-bond acceptors (Lipinski definition) is 4. The fraction of sp³-hybridized carbons (Fsp3) is 0.250. The Balaban J connectivity index is 2.36. The third kappa shape index (κ3) is 3.46. The SMILES string of the molecule is CN(C)C(=O)c1ccc(N(C)C)c(NC(=O)c2cccs2)c1. The first-order valence-corrected chi connectivity index (χ1v) is 7.66. The molecule has 0 aliphatic rings. The highest BCUT2D eigenvalue weighted by Crippen LogP contribution is 2.27. The lowest BCUT2D eigenvalue weighted by Gasteiger charge is -2.19. The van der Waals surface area contributed by atoms with Gasteiger partial charge in [-0.25, -0.2) is 0 Å². The largest absolute Gasteiger partial charge is 0.376 e. The zero-order valence-electron chi connectivity index (χ0n) is 13.1. The number of carbonyl (C=O) groups excluding carboxylic acids is 2. The maximum atomic E-state index is 12.3. The van der Waals surface area contributed by atoms with Crippen molar-refractivity contribution in [3.63, 3.8) is 0 Å². The molecule has 116 valence electrons. The van der Waals surface area contributed by atoms with Crippen LogP contribution < -0.4 is 10.2 Å². The summed E-state index contributed by atoms with van der Waals surface area (Å²) >= 11 is 1.38. The number of benzene rings is 1. The molecule has 1 aromatic carbocycles. The summed E-state index contributed by atoms with van der Waals surface area (Å²) < 4.78 is 0. The summed E-state index contributed by atoms with van der Waals surface area (Å²) in [5.41, 5.74) is 2.01.